The highest BCUT2D eigenvalue weighted by Gasteiger charge is 2.67. The van der Waals surface area contributed by atoms with E-state index in [-0.39, 0.29) is 42.9 Å². The first kappa shape index (κ1) is 37.5. The van der Waals surface area contributed by atoms with E-state index in [4.69, 9.17) is 18.4 Å². The Bertz CT molecular complexity index is 1480. The standard InChI is InChI=1S/C30H46O16S2/c1-14(2)9-22(32)44-25-24(46-48(39,40)41)23(45-47(36,37)38)20(13-31)43-28(25)42-17-10-18(27(34)35)19-7-8-30-11-16(15(3)26(30)33)5-6-21(30)29(19,4)12-17/h14,16-21,23-26,28,31,33H,3,5-13H2,1-2,4H3,(H,34,35)(H,36,37,38)(H,39,40,41)/t16-,17-,18-,19-,20-,21+,23-,24+,25-,26+,28+,29-,30-/m0/s1. The number of ether oxygens (including phenoxy) is 3. The van der Waals surface area contributed by atoms with Gasteiger partial charge in [0.25, 0.3) is 0 Å². The third kappa shape index (κ3) is 7.20. The monoisotopic (exact) mass is 726 g/mol. The maximum atomic E-state index is 12.9. The molecule has 0 radical (unpaired) electrons. The first-order chi connectivity index (χ1) is 22.2. The van der Waals surface area contributed by atoms with Crippen molar-refractivity contribution in [1.82, 2.24) is 0 Å². The smallest absolute Gasteiger partial charge is 0.397 e. The zero-order valence-electron chi connectivity index (χ0n) is 27.0. The lowest BCUT2D eigenvalue weighted by Crippen LogP contribution is -2.64. The molecule has 48 heavy (non-hydrogen) atoms. The Labute approximate surface area is 280 Å². The van der Waals surface area contributed by atoms with Gasteiger partial charge in [-0.25, -0.2) is 8.37 Å². The third-order valence-corrected chi connectivity index (χ3v) is 12.4. The van der Waals surface area contributed by atoms with Crippen LogP contribution in [0.1, 0.15) is 72.1 Å². The van der Waals surface area contributed by atoms with Gasteiger partial charge in [-0.2, -0.15) is 16.8 Å². The number of fused-ring (bicyclic) bond motifs is 3. The molecule has 5 aliphatic rings. The molecule has 1 aliphatic heterocycles. The molecule has 1 heterocycles. The highest BCUT2D eigenvalue weighted by molar-refractivity contribution is 7.81. The minimum atomic E-state index is -5.42. The average Bonchev–Trinajstić information content (AvgIpc) is 3.12. The van der Waals surface area contributed by atoms with Crippen LogP contribution in [0.2, 0.25) is 0 Å². The predicted octanol–water partition coefficient (Wildman–Crippen LogP) is 1.67. The van der Waals surface area contributed by atoms with Crippen molar-refractivity contribution in [3.8, 4) is 0 Å². The second-order valence-corrected chi connectivity index (χ2v) is 16.9. The van der Waals surface area contributed by atoms with E-state index < -0.39 is 99.0 Å². The van der Waals surface area contributed by atoms with Gasteiger partial charge in [-0.15, -0.1) is 0 Å². The Morgan fingerprint density at radius 2 is 1.67 bits per heavy atom. The van der Waals surface area contributed by atoms with Crippen LogP contribution in [-0.4, -0.2) is 103 Å². The second kappa shape index (κ2) is 13.4. The van der Waals surface area contributed by atoms with Gasteiger partial charge in [0.05, 0.1) is 24.7 Å². The highest BCUT2D eigenvalue weighted by atomic mass is 32.3. The van der Waals surface area contributed by atoms with Crippen LogP contribution < -0.4 is 0 Å². The number of hydrogen-bond acceptors (Lipinski definition) is 13. The van der Waals surface area contributed by atoms with Gasteiger partial charge in [-0.1, -0.05) is 27.4 Å². The van der Waals surface area contributed by atoms with Crippen LogP contribution in [0.15, 0.2) is 12.2 Å². The van der Waals surface area contributed by atoms with Crippen molar-refractivity contribution in [3.05, 3.63) is 12.2 Å². The summed E-state index contributed by atoms with van der Waals surface area (Å²) in [5, 5.41) is 32.0. The molecule has 13 atom stereocenters. The summed E-state index contributed by atoms with van der Waals surface area (Å²) in [6.45, 7) is 8.52. The van der Waals surface area contributed by atoms with Crippen LogP contribution in [0.5, 0.6) is 0 Å². The van der Waals surface area contributed by atoms with E-state index in [2.05, 4.69) is 10.8 Å². The molecule has 0 aromatic heterocycles. The molecule has 5 N–H and O–H groups in total. The first-order valence-corrected chi connectivity index (χ1v) is 18.9. The van der Waals surface area contributed by atoms with Crippen molar-refractivity contribution in [1.29, 1.82) is 0 Å². The van der Waals surface area contributed by atoms with Crippen LogP contribution in [0.3, 0.4) is 0 Å². The molecule has 2 bridgehead atoms. The van der Waals surface area contributed by atoms with Gasteiger partial charge in [-0.3, -0.25) is 18.7 Å². The van der Waals surface area contributed by atoms with Crippen molar-refractivity contribution >= 4 is 32.7 Å². The summed E-state index contributed by atoms with van der Waals surface area (Å²) < 4.78 is 93.5. The zero-order chi connectivity index (χ0) is 35.6. The number of carboxylic acids is 1. The summed E-state index contributed by atoms with van der Waals surface area (Å²) in [6.07, 6.45) is -7.93. The van der Waals surface area contributed by atoms with E-state index in [1.807, 2.05) is 6.92 Å². The van der Waals surface area contributed by atoms with E-state index in [1.165, 1.54) is 0 Å². The fourth-order valence-electron chi connectivity index (χ4n) is 9.82. The van der Waals surface area contributed by atoms with Crippen LogP contribution in [0.25, 0.3) is 0 Å². The van der Waals surface area contributed by atoms with Gasteiger partial charge >= 0.3 is 32.7 Å². The molecular weight excluding hydrogens is 680 g/mol. The normalized spacial score (nSPS) is 43.0. The third-order valence-electron chi connectivity index (χ3n) is 11.5. The lowest BCUT2D eigenvalue weighted by atomic mass is 9.43. The molecule has 1 saturated heterocycles. The van der Waals surface area contributed by atoms with Gasteiger partial charge < -0.3 is 29.5 Å². The summed E-state index contributed by atoms with van der Waals surface area (Å²) >= 11 is 0. The topological polar surface area (TPSA) is 250 Å². The molecule has 0 aromatic carbocycles. The fraction of sp³-hybridized carbons (Fsp3) is 0.867. The lowest BCUT2D eigenvalue weighted by molar-refractivity contribution is -0.316. The zero-order valence-corrected chi connectivity index (χ0v) is 28.7. The molecule has 18 heteroatoms. The quantitative estimate of drug-likeness (QED) is 0.0879. The molecule has 5 fully saturated rings. The Balaban J connectivity index is 1.51. The van der Waals surface area contributed by atoms with Crippen LogP contribution in [0.4, 0.5) is 0 Å². The molecule has 0 aromatic rings. The summed E-state index contributed by atoms with van der Waals surface area (Å²) in [7, 11) is -10.8. The first-order valence-electron chi connectivity index (χ1n) is 16.2. The Hall–Kier alpha value is -1.74. The van der Waals surface area contributed by atoms with Crippen molar-refractivity contribution < 1.29 is 73.4 Å². The number of aliphatic hydroxyl groups excluding tert-OH is 2. The summed E-state index contributed by atoms with van der Waals surface area (Å²) in [6, 6.07) is 0. The molecule has 5 rings (SSSR count). The predicted molar refractivity (Wildman–Crippen MR) is 162 cm³/mol. The number of carbonyl (C=O) groups excluding carboxylic acids is 1. The fourth-order valence-corrected chi connectivity index (χ4v) is 10.8. The van der Waals surface area contributed by atoms with Crippen LogP contribution in [-0.2, 0) is 53.0 Å². The Kier molecular flexibility index (Phi) is 10.5. The average molecular weight is 727 g/mol. The molecule has 4 aliphatic carbocycles. The summed E-state index contributed by atoms with van der Waals surface area (Å²) in [4.78, 5) is 25.7. The van der Waals surface area contributed by atoms with Crippen LogP contribution >= 0.6 is 0 Å². The maximum absolute atomic E-state index is 12.9. The molecule has 274 valence electrons. The Morgan fingerprint density at radius 3 is 2.25 bits per heavy atom. The largest absolute Gasteiger partial charge is 0.481 e. The van der Waals surface area contributed by atoms with Crippen LogP contribution in [0, 0.1) is 40.4 Å². The van der Waals surface area contributed by atoms with Crippen molar-refractivity contribution in [2.24, 2.45) is 40.4 Å². The second-order valence-electron chi connectivity index (χ2n) is 14.8. The van der Waals surface area contributed by atoms with E-state index >= 15 is 0 Å². The van der Waals surface area contributed by atoms with Gasteiger partial charge in [-0.05, 0) is 79.6 Å². The number of aliphatic carboxylic acids is 1. The van der Waals surface area contributed by atoms with E-state index in [0.717, 1.165) is 24.8 Å². The van der Waals surface area contributed by atoms with Gasteiger partial charge in [0.2, 0.25) is 0 Å². The molecule has 1 spiro atoms. The summed E-state index contributed by atoms with van der Waals surface area (Å²) in [5.74, 6) is -3.25. The van der Waals surface area contributed by atoms with Gasteiger partial charge in [0.15, 0.2) is 18.5 Å². The molecular formula is C30H46O16S2. The minimum absolute atomic E-state index is 0.0156. The van der Waals surface area contributed by atoms with Crippen molar-refractivity contribution in [3.63, 3.8) is 0 Å². The molecule has 16 nitrogen and oxygen atoms in total. The molecule has 0 amide bonds. The number of carboxylic acid groups (broad SMARTS) is 1. The highest BCUT2D eigenvalue weighted by Crippen LogP contribution is 2.70. The maximum Gasteiger partial charge on any atom is 0.397 e. The number of carbonyl (C=O) groups is 2. The van der Waals surface area contributed by atoms with Crippen molar-refractivity contribution in [2.45, 2.75) is 115 Å². The molecule has 4 saturated carbocycles. The number of rotatable bonds is 11. The summed E-state index contributed by atoms with van der Waals surface area (Å²) in [5.41, 5.74) is -0.319. The lowest BCUT2D eigenvalue weighted by Gasteiger charge is -2.62. The van der Waals surface area contributed by atoms with E-state index in [0.29, 0.717) is 12.8 Å². The Morgan fingerprint density at radius 1 is 1.02 bits per heavy atom. The number of hydrogen-bond donors (Lipinski definition) is 5. The van der Waals surface area contributed by atoms with Gasteiger partial charge in [0.1, 0.15) is 12.2 Å². The number of aliphatic hydroxyl groups is 2. The van der Waals surface area contributed by atoms with E-state index in [1.54, 1.807) is 13.8 Å². The SMILES string of the molecule is C=C1[C@H]2CC[C@@H]3[C@@]4(C)C[C@@H](O[C@@H]5O[C@@H](CO)[C@H](OS(=O)(=O)O)[C@@H](OS(=O)(=O)O)[C@@H]5OC(=O)CC(C)C)C[C@H](C(=O)O)[C@@H]4CC[C@@]3(C2)[C@@H]1O. The minimum Gasteiger partial charge on any atom is -0.481 e. The van der Waals surface area contributed by atoms with Gasteiger partial charge in [0, 0.05) is 11.8 Å². The molecule has 0 unspecified atom stereocenters. The van der Waals surface area contributed by atoms with Crippen molar-refractivity contribution in [2.75, 3.05) is 6.61 Å². The van der Waals surface area contributed by atoms with E-state index in [9.17, 15) is 50.8 Å². The number of esters is 1.